The van der Waals surface area contributed by atoms with Crippen LogP contribution in [0.25, 0.3) is 10.9 Å². The van der Waals surface area contributed by atoms with E-state index in [1.54, 1.807) is 20.5 Å². The zero-order chi connectivity index (χ0) is 16.5. The van der Waals surface area contributed by atoms with Crippen LogP contribution in [0, 0.1) is 0 Å². The SMILES string of the molecule is COc1cc2ncnc(N3CC(N4CCOCC4)C3)c2cc1OC. The molecule has 3 heterocycles. The fraction of sp³-hybridized carbons (Fsp3) is 0.529. The molecule has 1 aromatic carbocycles. The molecule has 4 rings (SSSR count). The summed E-state index contributed by atoms with van der Waals surface area (Å²) in [5.74, 6) is 2.35. The summed E-state index contributed by atoms with van der Waals surface area (Å²) in [5, 5.41) is 0.996. The first-order chi connectivity index (χ1) is 11.8. The summed E-state index contributed by atoms with van der Waals surface area (Å²) in [6.07, 6.45) is 1.62. The number of morpholine rings is 1. The quantitative estimate of drug-likeness (QED) is 0.834. The van der Waals surface area contributed by atoms with Crippen LogP contribution in [0.1, 0.15) is 0 Å². The molecule has 2 aliphatic rings. The molecule has 0 spiro atoms. The van der Waals surface area contributed by atoms with Crippen LogP contribution in [-0.4, -0.2) is 74.5 Å². The molecule has 128 valence electrons. The lowest BCUT2D eigenvalue weighted by molar-refractivity contribution is 0.0105. The summed E-state index contributed by atoms with van der Waals surface area (Å²) in [7, 11) is 3.28. The standard InChI is InChI=1S/C17H22N4O3/c1-22-15-7-13-14(8-16(15)23-2)18-11-19-17(13)21-9-12(10-21)20-3-5-24-6-4-20/h7-8,11-12H,3-6,9-10H2,1-2H3. The molecule has 0 aliphatic carbocycles. The Bertz CT molecular complexity index is 727. The number of hydrogen-bond acceptors (Lipinski definition) is 7. The van der Waals surface area contributed by atoms with Gasteiger partial charge >= 0.3 is 0 Å². The van der Waals surface area contributed by atoms with Gasteiger partial charge in [-0.1, -0.05) is 0 Å². The molecule has 0 unspecified atom stereocenters. The van der Waals surface area contributed by atoms with E-state index < -0.39 is 0 Å². The third-order valence-electron chi connectivity index (χ3n) is 4.84. The van der Waals surface area contributed by atoms with Crippen LogP contribution in [0.4, 0.5) is 5.82 Å². The molecule has 0 atom stereocenters. The molecule has 2 aromatic rings. The van der Waals surface area contributed by atoms with Gasteiger partial charge in [0, 0.05) is 43.7 Å². The van der Waals surface area contributed by atoms with Gasteiger partial charge in [0.05, 0.1) is 33.0 Å². The van der Waals surface area contributed by atoms with Crippen LogP contribution in [-0.2, 0) is 4.74 Å². The molecule has 2 saturated heterocycles. The van der Waals surface area contributed by atoms with Gasteiger partial charge in [-0.2, -0.15) is 0 Å². The molecule has 24 heavy (non-hydrogen) atoms. The van der Waals surface area contributed by atoms with E-state index in [1.807, 2.05) is 12.1 Å². The zero-order valence-electron chi connectivity index (χ0n) is 14.1. The van der Waals surface area contributed by atoms with Gasteiger partial charge in [-0.05, 0) is 6.07 Å². The highest BCUT2D eigenvalue weighted by Gasteiger charge is 2.34. The summed E-state index contributed by atoms with van der Waals surface area (Å²) < 4.78 is 16.2. The Morgan fingerprint density at radius 1 is 1.04 bits per heavy atom. The van der Waals surface area contributed by atoms with Crippen molar-refractivity contribution in [3.05, 3.63) is 18.5 Å². The molecular weight excluding hydrogens is 308 g/mol. The van der Waals surface area contributed by atoms with Crippen molar-refractivity contribution in [2.75, 3.05) is 58.5 Å². The maximum absolute atomic E-state index is 5.43. The summed E-state index contributed by atoms with van der Waals surface area (Å²) in [6.45, 7) is 5.69. The van der Waals surface area contributed by atoms with Crippen molar-refractivity contribution in [3.63, 3.8) is 0 Å². The molecule has 7 nitrogen and oxygen atoms in total. The number of fused-ring (bicyclic) bond motifs is 1. The molecule has 7 heteroatoms. The predicted molar refractivity (Wildman–Crippen MR) is 91.0 cm³/mol. The van der Waals surface area contributed by atoms with Crippen LogP contribution < -0.4 is 14.4 Å². The van der Waals surface area contributed by atoms with E-state index in [2.05, 4.69) is 19.8 Å². The van der Waals surface area contributed by atoms with Gasteiger partial charge in [0.2, 0.25) is 0 Å². The van der Waals surface area contributed by atoms with E-state index in [9.17, 15) is 0 Å². The van der Waals surface area contributed by atoms with Gasteiger partial charge in [0.15, 0.2) is 11.5 Å². The monoisotopic (exact) mass is 330 g/mol. The van der Waals surface area contributed by atoms with Crippen LogP contribution >= 0.6 is 0 Å². The summed E-state index contributed by atoms with van der Waals surface area (Å²) >= 11 is 0. The third kappa shape index (κ3) is 2.63. The second-order valence-corrected chi connectivity index (χ2v) is 6.13. The van der Waals surface area contributed by atoms with E-state index in [0.717, 1.165) is 56.1 Å². The molecule has 0 saturated carbocycles. The van der Waals surface area contributed by atoms with Crippen LogP contribution in [0.15, 0.2) is 18.5 Å². The predicted octanol–water partition coefficient (Wildman–Crippen LogP) is 1.17. The van der Waals surface area contributed by atoms with Gasteiger partial charge in [-0.3, -0.25) is 4.90 Å². The average Bonchev–Trinajstić information content (AvgIpc) is 2.60. The second kappa shape index (κ2) is 6.41. The molecule has 2 aliphatic heterocycles. The Morgan fingerprint density at radius 3 is 2.46 bits per heavy atom. The molecule has 0 N–H and O–H groups in total. The van der Waals surface area contributed by atoms with E-state index >= 15 is 0 Å². The largest absolute Gasteiger partial charge is 0.493 e. The van der Waals surface area contributed by atoms with Crippen molar-refractivity contribution < 1.29 is 14.2 Å². The fourth-order valence-corrected chi connectivity index (χ4v) is 3.42. The topological polar surface area (TPSA) is 60.0 Å². The van der Waals surface area contributed by atoms with Crippen molar-refractivity contribution in [3.8, 4) is 11.5 Å². The van der Waals surface area contributed by atoms with E-state index in [0.29, 0.717) is 17.5 Å². The maximum atomic E-state index is 5.43. The van der Waals surface area contributed by atoms with Crippen molar-refractivity contribution in [1.82, 2.24) is 14.9 Å². The normalized spacial score (nSPS) is 19.3. The van der Waals surface area contributed by atoms with Crippen molar-refractivity contribution in [1.29, 1.82) is 0 Å². The molecule has 1 aromatic heterocycles. The maximum Gasteiger partial charge on any atom is 0.162 e. The zero-order valence-corrected chi connectivity index (χ0v) is 14.1. The van der Waals surface area contributed by atoms with E-state index in [1.165, 1.54) is 0 Å². The Hall–Kier alpha value is -2.12. The minimum absolute atomic E-state index is 0.582. The fourth-order valence-electron chi connectivity index (χ4n) is 3.42. The minimum Gasteiger partial charge on any atom is -0.493 e. The van der Waals surface area contributed by atoms with Crippen molar-refractivity contribution >= 4 is 16.7 Å². The van der Waals surface area contributed by atoms with Crippen LogP contribution in [0.5, 0.6) is 11.5 Å². The van der Waals surface area contributed by atoms with Crippen LogP contribution in [0.2, 0.25) is 0 Å². The number of anilines is 1. The molecule has 2 fully saturated rings. The Kier molecular flexibility index (Phi) is 4.12. The van der Waals surface area contributed by atoms with E-state index in [-0.39, 0.29) is 0 Å². The van der Waals surface area contributed by atoms with Gasteiger partial charge in [-0.25, -0.2) is 9.97 Å². The summed E-state index contributed by atoms with van der Waals surface area (Å²) in [4.78, 5) is 13.7. The van der Waals surface area contributed by atoms with Gasteiger partial charge in [-0.15, -0.1) is 0 Å². The number of benzene rings is 1. The second-order valence-electron chi connectivity index (χ2n) is 6.13. The Morgan fingerprint density at radius 2 is 1.75 bits per heavy atom. The van der Waals surface area contributed by atoms with Gasteiger partial charge in [0.25, 0.3) is 0 Å². The molecule has 0 amide bonds. The van der Waals surface area contributed by atoms with Crippen molar-refractivity contribution in [2.24, 2.45) is 0 Å². The lowest BCUT2D eigenvalue weighted by Crippen LogP contribution is -2.61. The first-order valence-electron chi connectivity index (χ1n) is 8.23. The van der Waals surface area contributed by atoms with Gasteiger partial charge in [0.1, 0.15) is 12.1 Å². The lowest BCUT2D eigenvalue weighted by atomic mass is 10.1. The first-order valence-corrected chi connectivity index (χ1v) is 8.23. The molecular formula is C17H22N4O3. The highest BCUT2D eigenvalue weighted by molar-refractivity contribution is 5.92. The highest BCUT2D eigenvalue weighted by atomic mass is 16.5. The number of hydrogen-bond donors (Lipinski definition) is 0. The van der Waals surface area contributed by atoms with Crippen LogP contribution in [0.3, 0.4) is 0 Å². The van der Waals surface area contributed by atoms with Gasteiger partial charge < -0.3 is 19.1 Å². The summed E-state index contributed by atoms with van der Waals surface area (Å²) in [6, 6.07) is 4.45. The lowest BCUT2D eigenvalue weighted by Gasteiger charge is -2.47. The Labute approximate surface area is 141 Å². The average molecular weight is 330 g/mol. The number of ether oxygens (including phenoxy) is 3. The molecule has 0 radical (unpaired) electrons. The molecule has 0 bridgehead atoms. The Balaban J connectivity index is 1.58. The number of aromatic nitrogens is 2. The highest BCUT2D eigenvalue weighted by Crippen LogP contribution is 2.36. The van der Waals surface area contributed by atoms with E-state index in [4.69, 9.17) is 14.2 Å². The smallest absolute Gasteiger partial charge is 0.162 e. The van der Waals surface area contributed by atoms with Crippen molar-refractivity contribution in [2.45, 2.75) is 6.04 Å². The third-order valence-corrected chi connectivity index (χ3v) is 4.84. The number of methoxy groups -OCH3 is 2. The first kappa shape index (κ1) is 15.4. The number of nitrogens with zero attached hydrogens (tertiary/aromatic N) is 4. The number of rotatable bonds is 4. The summed E-state index contributed by atoms with van der Waals surface area (Å²) in [5.41, 5.74) is 0.868. The minimum atomic E-state index is 0.582.